The van der Waals surface area contributed by atoms with Crippen LogP contribution in [0.2, 0.25) is 0 Å². The van der Waals surface area contributed by atoms with Crippen LogP contribution in [0.5, 0.6) is 0 Å². The minimum atomic E-state index is -3.81. The summed E-state index contributed by atoms with van der Waals surface area (Å²) in [5, 5.41) is 0. The van der Waals surface area contributed by atoms with Crippen LogP contribution in [-0.4, -0.2) is 32.6 Å². The number of carbonyl (C=O) groups excluding carboxylic acids is 1. The zero-order valence-electron chi connectivity index (χ0n) is 15.4. The summed E-state index contributed by atoms with van der Waals surface area (Å²) in [6, 6.07) is 4.98. The van der Waals surface area contributed by atoms with Crippen LogP contribution in [-0.2, 0) is 19.0 Å². The highest BCUT2D eigenvalue weighted by atomic mass is 32.2. The number of carbonyl (C=O) groups is 1. The van der Waals surface area contributed by atoms with E-state index in [1.165, 1.54) is 30.0 Å². The molecule has 0 saturated carbocycles. The lowest BCUT2D eigenvalue weighted by molar-refractivity contribution is -0.0204. The number of unbranched alkanes of at least 4 members (excludes halogenated alkanes) is 1. The molecule has 1 saturated heterocycles. The van der Waals surface area contributed by atoms with Crippen LogP contribution in [0, 0.1) is 11.7 Å². The standard InChI is InChI=1S/C18H26FNO5S/c1-4-7-9-13(5-2)16-17(25-26(22,23)6-3)24-18(21)20(16)15-11-8-10-14(19)12-15/h8,10-13,16-17H,4-7,9H2,1-3H3. The zero-order valence-corrected chi connectivity index (χ0v) is 16.2. The summed E-state index contributed by atoms with van der Waals surface area (Å²) >= 11 is 0. The van der Waals surface area contributed by atoms with Crippen molar-refractivity contribution in [3.63, 3.8) is 0 Å². The molecule has 3 unspecified atom stereocenters. The molecule has 0 radical (unpaired) electrons. The van der Waals surface area contributed by atoms with Gasteiger partial charge in [-0.2, -0.15) is 8.42 Å². The average Bonchev–Trinajstić information content (AvgIpc) is 2.91. The maximum absolute atomic E-state index is 13.7. The van der Waals surface area contributed by atoms with Crippen LogP contribution in [0.1, 0.15) is 46.5 Å². The summed E-state index contributed by atoms with van der Waals surface area (Å²) in [6.45, 7) is 5.49. The third-order valence-corrected chi connectivity index (χ3v) is 5.80. The van der Waals surface area contributed by atoms with Crippen molar-refractivity contribution in [3.05, 3.63) is 30.1 Å². The van der Waals surface area contributed by atoms with Gasteiger partial charge in [-0.05, 0) is 37.5 Å². The van der Waals surface area contributed by atoms with Gasteiger partial charge in [0.25, 0.3) is 10.1 Å². The van der Waals surface area contributed by atoms with Crippen LogP contribution in [0.4, 0.5) is 14.9 Å². The number of hydrogen-bond donors (Lipinski definition) is 0. The quantitative estimate of drug-likeness (QED) is 0.598. The molecule has 8 heteroatoms. The third kappa shape index (κ3) is 4.73. The maximum Gasteiger partial charge on any atom is 0.417 e. The lowest BCUT2D eigenvalue weighted by Crippen LogP contribution is -2.44. The lowest BCUT2D eigenvalue weighted by atomic mass is 9.90. The Bertz CT molecular complexity index is 724. The van der Waals surface area contributed by atoms with Crippen molar-refractivity contribution < 1.29 is 26.5 Å². The van der Waals surface area contributed by atoms with E-state index in [-0.39, 0.29) is 11.7 Å². The summed E-state index contributed by atoms with van der Waals surface area (Å²) in [5.41, 5.74) is 0.329. The number of benzene rings is 1. The largest absolute Gasteiger partial charge is 0.417 e. The minimum Gasteiger partial charge on any atom is -0.416 e. The molecule has 1 aliphatic heterocycles. The van der Waals surface area contributed by atoms with Gasteiger partial charge in [0, 0.05) is 0 Å². The Balaban J connectivity index is 2.41. The summed E-state index contributed by atoms with van der Waals surface area (Å²) < 4.78 is 48.0. The number of rotatable bonds is 9. The van der Waals surface area contributed by atoms with E-state index in [0.29, 0.717) is 12.1 Å². The van der Waals surface area contributed by atoms with E-state index < -0.39 is 34.4 Å². The summed E-state index contributed by atoms with van der Waals surface area (Å²) in [6.07, 6.45) is 1.42. The maximum atomic E-state index is 13.7. The molecule has 0 aromatic heterocycles. The Hall–Kier alpha value is -1.67. The predicted molar refractivity (Wildman–Crippen MR) is 96.8 cm³/mol. The number of amides is 1. The van der Waals surface area contributed by atoms with Gasteiger partial charge in [-0.1, -0.05) is 39.2 Å². The van der Waals surface area contributed by atoms with E-state index in [2.05, 4.69) is 6.92 Å². The first kappa shape index (κ1) is 20.6. The Kier molecular flexibility index (Phi) is 7.00. The molecule has 0 spiro atoms. The van der Waals surface area contributed by atoms with Crippen molar-refractivity contribution in [2.75, 3.05) is 10.7 Å². The normalized spacial score (nSPS) is 21.7. The van der Waals surface area contributed by atoms with E-state index in [0.717, 1.165) is 19.3 Å². The molecule has 1 amide bonds. The Labute approximate surface area is 154 Å². The van der Waals surface area contributed by atoms with Gasteiger partial charge >= 0.3 is 6.09 Å². The number of anilines is 1. The third-order valence-electron chi connectivity index (χ3n) is 4.61. The number of cyclic esters (lactones) is 1. The smallest absolute Gasteiger partial charge is 0.416 e. The van der Waals surface area contributed by atoms with Crippen LogP contribution in [0.15, 0.2) is 24.3 Å². The highest BCUT2D eigenvalue weighted by Crippen LogP contribution is 2.36. The van der Waals surface area contributed by atoms with Crippen LogP contribution < -0.4 is 4.90 Å². The molecule has 6 nitrogen and oxygen atoms in total. The van der Waals surface area contributed by atoms with E-state index in [9.17, 15) is 17.6 Å². The van der Waals surface area contributed by atoms with Crippen LogP contribution >= 0.6 is 0 Å². The predicted octanol–water partition coefficient (Wildman–Crippen LogP) is 4.06. The van der Waals surface area contributed by atoms with Crippen molar-refractivity contribution in [2.24, 2.45) is 5.92 Å². The van der Waals surface area contributed by atoms with Gasteiger partial charge in [0.1, 0.15) is 11.9 Å². The first-order chi connectivity index (χ1) is 12.3. The fourth-order valence-corrected chi connectivity index (χ4v) is 3.76. The Morgan fingerprint density at radius 2 is 2.04 bits per heavy atom. The highest BCUT2D eigenvalue weighted by molar-refractivity contribution is 7.86. The van der Waals surface area contributed by atoms with Crippen LogP contribution in [0.3, 0.4) is 0 Å². The molecule has 1 fully saturated rings. The van der Waals surface area contributed by atoms with Gasteiger partial charge < -0.3 is 4.74 Å². The average molecular weight is 387 g/mol. The number of halogens is 1. The molecule has 146 valence electrons. The second-order valence-electron chi connectivity index (χ2n) is 6.35. The molecule has 2 rings (SSSR count). The van der Waals surface area contributed by atoms with Gasteiger partial charge in [0.15, 0.2) is 0 Å². The summed E-state index contributed by atoms with van der Waals surface area (Å²) in [5.74, 6) is -0.748. The monoisotopic (exact) mass is 387 g/mol. The van der Waals surface area contributed by atoms with Gasteiger partial charge in [0.05, 0.1) is 11.4 Å². The van der Waals surface area contributed by atoms with E-state index in [1.54, 1.807) is 6.07 Å². The van der Waals surface area contributed by atoms with Crippen molar-refractivity contribution in [2.45, 2.75) is 58.8 Å². The van der Waals surface area contributed by atoms with Gasteiger partial charge in [0.2, 0.25) is 6.29 Å². The first-order valence-corrected chi connectivity index (χ1v) is 10.6. The van der Waals surface area contributed by atoms with Gasteiger partial charge in [-0.15, -0.1) is 0 Å². The van der Waals surface area contributed by atoms with Gasteiger partial charge in [-0.25, -0.2) is 13.4 Å². The minimum absolute atomic E-state index is 0.0401. The molecule has 26 heavy (non-hydrogen) atoms. The fraction of sp³-hybridized carbons (Fsp3) is 0.611. The number of hydrogen-bond acceptors (Lipinski definition) is 5. The molecular formula is C18H26FNO5S. The van der Waals surface area contributed by atoms with Crippen molar-refractivity contribution in [1.82, 2.24) is 0 Å². The molecule has 0 bridgehead atoms. The molecule has 1 aromatic carbocycles. The molecule has 1 aromatic rings. The second-order valence-corrected chi connectivity index (χ2v) is 8.23. The fourth-order valence-electron chi connectivity index (χ4n) is 3.18. The molecular weight excluding hydrogens is 361 g/mol. The van der Waals surface area contributed by atoms with Crippen molar-refractivity contribution in [3.8, 4) is 0 Å². The Morgan fingerprint density at radius 1 is 1.31 bits per heavy atom. The molecule has 1 aliphatic rings. The molecule has 0 aliphatic carbocycles. The van der Waals surface area contributed by atoms with Gasteiger partial charge in [-0.3, -0.25) is 4.90 Å². The zero-order chi connectivity index (χ0) is 19.3. The topological polar surface area (TPSA) is 72.9 Å². The highest BCUT2D eigenvalue weighted by Gasteiger charge is 2.48. The van der Waals surface area contributed by atoms with Crippen molar-refractivity contribution >= 4 is 21.9 Å². The second kappa shape index (κ2) is 8.81. The molecule has 1 heterocycles. The number of nitrogens with zero attached hydrogens (tertiary/aromatic N) is 1. The van der Waals surface area contributed by atoms with Crippen molar-refractivity contribution in [1.29, 1.82) is 0 Å². The first-order valence-electron chi connectivity index (χ1n) is 8.99. The number of ether oxygens (including phenoxy) is 1. The summed E-state index contributed by atoms with van der Waals surface area (Å²) in [7, 11) is -3.81. The molecule has 0 N–H and O–H groups in total. The lowest BCUT2D eigenvalue weighted by Gasteiger charge is -2.31. The molecule has 3 atom stereocenters. The van der Waals surface area contributed by atoms with Crippen LogP contribution in [0.25, 0.3) is 0 Å². The van der Waals surface area contributed by atoms with E-state index in [1.807, 2.05) is 6.92 Å². The van der Waals surface area contributed by atoms with E-state index in [4.69, 9.17) is 8.92 Å². The Morgan fingerprint density at radius 3 is 2.62 bits per heavy atom. The SMILES string of the molecule is CCCCC(CC)C1C(OS(=O)(=O)CC)OC(=O)N1c1cccc(F)c1. The summed E-state index contributed by atoms with van der Waals surface area (Å²) in [4.78, 5) is 13.8. The van der Waals surface area contributed by atoms with E-state index >= 15 is 0 Å².